The lowest BCUT2D eigenvalue weighted by Gasteiger charge is -2.09. The molecule has 0 aliphatic rings. The van der Waals surface area contributed by atoms with Crippen LogP contribution in [0.5, 0.6) is 5.75 Å². The fourth-order valence-electron chi connectivity index (χ4n) is 2.47. The van der Waals surface area contributed by atoms with Crippen LogP contribution in [0.15, 0.2) is 85.2 Å². The Labute approximate surface area is 146 Å². The van der Waals surface area contributed by atoms with Gasteiger partial charge in [0.1, 0.15) is 5.75 Å². The van der Waals surface area contributed by atoms with E-state index in [0.29, 0.717) is 6.54 Å². The number of hydrogen-bond donors (Lipinski definition) is 2. The minimum atomic E-state index is -0.184. The molecule has 1 amide bonds. The molecule has 0 aliphatic heterocycles. The summed E-state index contributed by atoms with van der Waals surface area (Å²) in [4.78, 5) is 16.4. The third-order valence-electron chi connectivity index (χ3n) is 3.73. The maximum Gasteiger partial charge on any atom is 0.244 e. The van der Waals surface area contributed by atoms with Crippen molar-refractivity contribution in [1.82, 2.24) is 10.3 Å². The predicted molar refractivity (Wildman–Crippen MR) is 97.7 cm³/mol. The Hall–Kier alpha value is -3.40. The normalized spacial score (nSPS) is 11.1. The zero-order valence-corrected chi connectivity index (χ0v) is 13.6. The van der Waals surface area contributed by atoms with Crippen molar-refractivity contribution in [1.29, 1.82) is 0 Å². The number of amides is 1. The number of pyridine rings is 1. The second-order valence-corrected chi connectivity index (χ2v) is 5.55. The van der Waals surface area contributed by atoms with E-state index in [-0.39, 0.29) is 11.7 Å². The maximum absolute atomic E-state index is 12.4. The Morgan fingerprint density at radius 2 is 1.68 bits per heavy atom. The number of hydrogen-bond acceptors (Lipinski definition) is 3. The van der Waals surface area contributed by atoms with Crippen LogP contribution in [0.2, 0.25) is 0 Å². The molecule has 0 saturated carbocycles. The third kappa shape index (κ3) is 4.54. The van der Waals surface area contributed by atoms with Gasteiger partial charge in [-0.2, -0.15) is 0 Å². The van der Waals surface area contributed by atoms with E-state index in [9.17, 15) is 9.90 Å². The van der Waals surface area contributed by atoms with Crippen LogP contribution >= 0.6 is 0 Å². The van der Waals surface area contributed by atoms with Gasteiger partial charge in [0.15, 0.2) is 0 Å². The molecule has 4 heteroatoms. The summed E-state index contributed by atoms with van der Waals surface area (Å²) in [6, 6.07) is 20.2. The highest BCUT2D eigenvalue weighted by molar-refractivity contribution is 5.99. The monoisotopic (exact) mass is 330 g/mol. The van der Waals surface area contributed by atoms with E-state index in [2.05, 4.69) is 10.3 Å². The maximum atomic E-state index is 12.4. The average Bonchev–Trinajstić information content (AvgIpc) is 2.67. The van der Waals surface area contributed by atoms with Gasteiger partial charge in [-0.1, -0.05) is 48.5 Å². The molecule has 124 valence electrons. The van der Waals surface area contributed by atoms with Crippen molar-refractivity contribution < 1.29 is 9.90 Å². The third-order valence-corrected chi connectivity index (χ3v) is 3.73. The van der Waals surface area contributed by atoms with Crippen molar-refractivity contribution in [2.75, 3.05) is 0 Å². The Bertz CT molecular complexity index is 857. The van der Waals surface area contributed by atoms with Gasteiger partial charge in [0.2, 0.25) is 5.91 Å². The molecule has 1 heterocycles. The Kier molecular flexibility index (Phi) is 5.22. The van der Waals surface area contributed by atoms with E-state index >= 15 is 0 Å². The van der Waals surface area contributed by atoms with E-state index in [1.807, 2.05) is 42.5 Å². The second kappa shape index (κ2) is 7.93. The summed E-state index contributed by atoms with van der Waals surface area (Å²) in [7, 11) is 0. The van der Waals surface area contributed by atoms with E-state index in [1.54, 1.807) is 42.7 Å². The lowest BCUT2D eigenvalue weighted by molar-refractivity contribution is -0.116. The first-order chi connectivity index (χ1) is 12.2. The minimum absolute atomic E-state index is 0.184. The summed E-state index contributed by atoms with van der Waals surface area (Å²) in [5.74, 6) is 0.00738. The van der Waals surface area contributed by atoms with Crippen molar-refractivity contribution in [3.05, 3.63) is 102 Å². The summed E-state index contributed by atoms with van der Waals surface area (Å²) >= 11 is 0. The minimum Gasteiger partial charge on any atom is -0.508 e. The van der Waals surface area contributed by atoms with Gasteiger partial charge >= 0.3 is 0 Å². The molecular formula is C21H18N2O2. The van der Waals surface area contributed by atoms with Gasteiger partial charge in [0.05, 0.1) is 0 Å². The van der Waals surface area contributed by atoms with Gasteiger partial charge in [0, 0.05) is 25.0 Å². The fraction of sp³-hybridized carbons (Fsp3) is 0.0476. The van der Waals surface area contributed by atoms with Crippen LogP contribution in [0.1, 0.15) is 16.7 Å². The largest absolute Gasteiger partial charge is 0.508 e. The number of carbonyl (C=O) groups excluding carboxylic acids is 1. The molecule has 4 nitrogen and oxygen atoms in total. The van der Waals surface area contributed by atoms with Gasteiger partial charge in [0.25, 0.3) is 0 Å². The average molecular weight is 330 g/mol. The van der Waals surface area contributed by atoms with Crippen molar-refractivity contribution in [3.8, 4) is 5.75 Å². The molecule has 0 bridgehead atoms. The number of aromatic hydroxyl groups is 1. The number of aromatic nitrogens is 1. The van der Waals surface area contributed by atoms with Crippen LogP contribution in [-0.2, 0) is 11.3 Å². The molecule has 0 aliphatic carbocycles. The van der Waals surface area contributed by atoms with Gasteiger partial charge in [-0.05, 0) is 40.5 Å². The molecule has 3 rings (SSSR count). The van der Waals surface area contributed by atoms with Crippen molar-refractivity contribution in [3.63, 3.8) is 0 Å². The van der Waals surface area contributed by atoms with Crippen LogP contribution in [0, 0.1) is 0 Å². The fourth-order valence-corrected chi connectivity index (χ4v) is 2.47. The van der Waals surface area contributed by atoms with Crippen LogP contribution in [-0.4, -0.2) is 16.0 Å². The number of phenolic OH excluding ortho intramolecular Hbond substituents is 1. The predicted octanol–water partition coefficient (Wildman–Crippen LogP) is 3.54. The zero-order chi connectivity index (χ0) is 17.5. The van der Waals surface area contributed by atoms with Gasteiger partial charge in [-0.25, -0.2) is 0 Å². The summed E-state index contributed by atoms with van der Waals surface area (Å²) in [5.41, 5.74) is 3.53. The molecule has 0 fully saturated rings. The SMILES string of the molecule is O=C(C=C(c1ccccc1)c1ccc(O)cc1)NCc1cccnc1. The summed E-state index contributed by atoms with van der Waals surface area (Å²) < 4.78 is 0. The number of carbonyl (C=O) groups is 1. The van der Waals surface area contributed by atoms with Gasteiger partial charge in [-0.15, -0.1) is 0 Å². The first kappa shape index (κ1) is 16.5. The molecule has 1 aromatic heterocycles. The first-order valence-corrected chi connectivity index (χ1v) is 7.95. The Morgan fingerprint density at radius 3 is 2.36 bits per heavy atom. The number of nitrogens with one attached hydrogen (secondary N) is 1. The van der Waals surface area contributed by atoms with Gasteiger partial charge in [-0.3, -0.25) is 9.78 Å². The quantitative estimate of drug-likeness (QED) is 0.704. The zero-order valence-electron chi connectivity index (χ0n) is 13.6. The number of nitrogens with zero attached hydrogens (tertiary/aromatic N) is 1. The molecule has 2 N–H and O–H groups in total. The van der Waals surface area contributed by atoms with Gasteiger partial charge < -0.3 is 10.4 Å². The molecule has 0 radical (unpaired) electrons. The lowest BCUT2D eigenvalue weighted by atomic mass is 9.97. The van der Waals surface area contributed by atoms with E-state index in [0.717, 1.165) is 22.3 Å². The standard InChI is InChI=1S/C21H18N2O2/c24-19-10-8-18(9-11-19)20(17-6-2-1-3-7-17)13-21(25)23-15-16-5-4-12-22-14-16/h1-14,24H,15H2,(H,23,25). The van der Waals surface area contributed by atoms with Crippen LogP contribution in [0.3, 0.4) is 0 Å². The Balaban J connectivity index is 1.84. The molecular weight excluding hydrogens is 312 g/mol. The van der Waals surface area contributed by atoms with E-state index in [1.165, 1.54) is 0 Å². The topological polar surface area (TPSA) is 62.2 Å². The Morgan fingerprint density at radius 1 is 0.960 bits per heavy atom. The van der Waals surface area contributed by atoms with E-state index in [4.69, 9.17) is 0 Å². The first-order valence-electron chi connectivity index (χ1n) is 7.95. The van der Waals surface area contributed by atoms with Crippen molar-refractivity contribution in [2.24, 2.45) is 0 Å². The molecule has 0 spiro atoms. The van der Waals surface area contributed by atoms with Crippen LogP contribution < -0.4 is 5.32 Å². The highest BCUT2D eigenvalue weighted by Crippen LogP contribution is 2.24. The molecule has 0 atom stereocenters. The van der Waals surface area contributed by atoms with Crippen molar-refractivity contribution in [2.45, 2.75) is 6.54 Å². The lowest BCUT2D eigenvalue weighted by Crippen LogP contribution is -2.20. The second-order valence-electron chi connectivity index (χ2n) is 5.55. The van der Waals surface area contributed by atoms with Crippen LogP contribution in [0.25, 0.3) is 5.57 Å². The molecule has 0 saturated heterocycles. The summed E-state index contributed by atoms with van der Waals surface area (Å²) in [6.45, 7) is 0.417. The van der Waals surface area contributed by atoms with Crippen molar-refractivity contribution >= 4 is 11.5 Å². The highest BCUT2D eigenvalue weighted by Gasteiger charge is 2.08. The molecule has 2 aromatic carbocycles. The number of phenols is 1. The molecule has 25 heavy (non-hydrogen) atoms. The molecule has 3 aromatic rings. The smallest absolute Gasteiger partial charge is 0.244 e. The number of rotatable bonds is 5. The summed E-state index contributed by atoms with van der Waals surface area (Å²) in [6.07, 6.45) is 5.00. The molecule has 0 unspecified atom stereocenters. The van der Waals surface area contributed by atoms with E-state index < -0.39 is 0 Å². The van der Waals surface area contributed by atoms with Crippen LogP contribution in [0.4, 0.5) is 0 Å². The summed E-state index contributed by atoms with van der Waals surface area (Å²) in [5, 5.41) is 12.4. The highest BCUT2D eigenvalue weighted by atomic mass is 16.3. The number of benzene rings is 2.